The third kappa shape index (κ3) is 2.45. The van der Waals surface area contributed by atoms with Crippen LogP contribution in [0.1, 0.15) is 6.42 Å². The standard InChI is InChI=1S/C12H15N3O2S2/c13-8-1-2-11-10(5-8)12(6-14-11)19(16,17)15-9-3-4-18-7-9/h1-2,5-6,9,14-15H,3-4,7,13H2. The van der Waals surface area contributed by atoms with Gasteiger partial charge in [-0.15, -0.1) is 0 Å². The lowest BCUT2D eigenvalue weighted by Crippen LogP contribution is -2.34. The molecule has 102 valence electrons. The van der Waals surface area contributed by atoms with Crippen molar-refractivity contribution < 1.29 is 8.42 Å². The third-order valence-corrected chi connectivity index (χ3v) is 5.93. The van der Waals surface area contributed by atoms with E-state index in [1.165, 1.54) is 6.20 Å². The number of nitrogens with two attached hydrogens (primary N) is 1. The van der Waals surface area contributed by atoms with Gasteiger partial charge in [0.15, 0.2) is 0 Å². The van der Waals surface area contributed by atoms with Gasteiger partial charge < -0.3 is 10.7 Å². The Bertz CT molecular complexity index is 703. The maximum absolute atomic E-state index is 12.4. The number of hydrogen-bond acceptors (Lipinski definition) is 4. The summed E-state index contributed by atoms with van der Waals surface area (Å²) in [6.07, 6.45) is 2.41. The summed E-state index contributed by atoms with van der Waals surface area (Å²) in [4.78, 5) is 3.24. The summed E-state index contributed by atoms with van der Waals surface area (Å²) in [5, 5.41) is 0.637. The van der Waals surface area contributed by atoms with Gasteiger partial charge >= 0.3 is 0 Å². The van der Waals surface area contributed by atoms with E-state index >= 15 is 0 Å². The van der Waals surface area contributed by atoms with Gasteiger partial charge in [0.1, 0.15) is 4.90 Å². The van der Waals surface area contributed by atoms with Crippen LogP contribution in [0.2, 0.25) is 0 Å². The summed E-state index contributed by atoms with van der Waals surface area (Å²) in [6.45, 7) is 0. The van der Waals surface area contributed by atoms with Crippen molar-refractivity contribution >= 4 is 38.4 Å². The lowest BCUT2D eigenvalue weighted by molar-refractivity contribution is 0.564. The molecule has 0 spiro atoms. The molecule has 1 aliphatic rings. The number of H-pyrrole nitrogens is 1. The number of sulfonamides is 1. The van der Waals surface area contributed by atoms with Crippen molar-refractivity contribution in [3.05, 3.63) is 24.4 Å². The quantitative estimate of drug-likeness (QED) is 0.750. The monoisotopic (exact) mass is 297 g/mol. The van der Waals surface area contributed by atoms with Crippen LogP contribution in [0.25, 0.3) is 10.9 Å². The third-order valence-electron chi connectivity index (χ3n) is 3.21. The van der Waals surface area contributed by atoms with Gasteiger partial charge in [-0.25, -0.2) is 13.1 Å². The number of benzene rings is 1. The van der Waals surface area contributed by atoms with Crippen LogP contribution in [0.5, 0.6) is 0 Å². The average Bonchev–Trinajstić information content (AvgIpc) is 2.96. The van der Waals surface area contributed by atoms with Crippen molar-refractivity contribution in [1.29, 1.82) is 0 Å². The molecule has 0 aliphatic carbocycles. The Morgan fingerprint density at radius 3 is 3.00 bits per heavy atom. The predicted molar refractivity (Wildman–Crippen MR) is 78.8 cm³/mol. The fourth-order valence-corrected chi connectivity index (χ4v) is 4.94. The molecule has 0 amide bonds. The minimum absolute atomic E-state index is 0.0287. The second-order valence-corrected chi connectivity index (χ2v) is 7.47. The molecule has 0 bridgehead atoms. The maximum Gasteiger partial charge on any atom is 0.242 e. The number of hydrogen-bond donors (Lipinski definition) is 3. The number of nitrogen functional groups attached to an aromatic ring is 1. The Kier molecular flexibility index (Phi) is 3.20. The molecule has 19 heavy (non-hydrogen) atoms. The molecule has 0 radical (unpaired) electrons. The zero-order chi connectivity index (χ0) is 13.5. The van der Waals surface area contributed by atoms with Gasteiger partial charge in [0, 0.05) is 34.6 Å². The van der Waals surface area contributed by atoms with Crippen LogP contribution < -0.4 is 10.5 Å². The van der Waals surface area contributed by atoms with E-state index in [0.29, 0.717) is 11.1 Å². The summed E-state index contributed by atoms with van der Waals surface area (Å²) < 4.78 is 27.5. The number of anilines is 1. The first kappa shape index (κ1) is 12.8. The Hall–Kier alpha value is -1.18. The highest BCUT2D eigenvalue weighted by molar-refractivity contribution is 7.99. The Labute approximate surface area is 116 Å². The van der Waals surface area contributed by atoms with E-state index in [1.807, 2.05) is 0 Å². The first-order chi connectivity index (χ1) is 9.06. The van der Waals surface area contributed by atoms with Crippen molar-refractivity contribution in [2.24, 2.45) is 0 Å². The number of rotatable bonds is 3. The number of aromatic nitrogens is 1. The Morgan fingerprint density at radius 2 is 2.26 bits per heavy atom. The van der Waals surface area contributed by atoms with Crippen molar-refractivity contribution in [3.63, 3.8) is 0 Å². The number of aromatic amines is 1. The first-order valence-corrected chi connectivity index (χ1v) is 8.67. The van der Waals surface area contributed by atoms with Crippen LogP contribution in [0.4, 0.5) is 5.69 Å². The van der Waals surface area contributed by atoms with Gasteiger partial charge in [-0.05, 0) is 30.4 Å². The fraction of sp³-hybridized carbons (Fsp3) is 0.333. The van der Waals surface area contributed by atoms with E-state index in [2.05, 4.69) is 9.71 Å². The highest BCUT2D eigenvalue weighted by atomic mass is 32.2. The van der Waals surface area contributed by atoms with Crippen molar-refractivity contribution in [3.8, 4) is 0 Å². The van der Waals surface area contributed by atoms with Crippen LogP contribution in [-0.4, -0.2) is 30.9 Å². The molecular weight excluding hydrogens is 282 g/mol. The zero-order valence-electron chi connectivity index (χ0n) is 10.2. The lowest BCUT2D eigenvalue weighted by atomic mass is 10.2. The molecule has 1 saturated heterocycles. The van der Waals surface area contributed by atoms with Gasteiger partial charge in [-0.2, -0.15) is 11.8 Å². The van der Waals surface area contributed by atoms with E-state index in [0.717, 1.165) is 23.4 Å². The number of fused-ring (bicyclic) bond motifs is 1. The predicted octanol–water partition coefficient (Wildman–Crippen LogP) is 1.53. The molecule has 7 heteroatoms. The average molecular weight is 297 g/mol. The normalized spacial score (nSPS) is 20.1. The number of thioether (sulfide) groups is 1. The Balaban J connectivity index is 2.00. The zero-order valence-corrected chi connectivity index (χ0v) is 11.9. The molecule has 1 unspecified atom stereocenters. The van der Waals surface area contributed by atoms with Gasteiger partial charge in [0.2, 0.25) is 10.0 Å². The molecular formula is C12H15N3O2S2. The summed E-state index contributed by atoms with van der Waals surface area (Å²) >= 11 is 1.77. The van der Waals surface area contributed by atoms with E-state index in [-0.39, 0.29) is 10.9 Å². The second kappa shape index (κ2) is 4.73. The van der Waals surface area contributed by atoms with Crippen LogP contribution in [-0.2, 0) is 10.0 Å². The molecule has 1 atom stereocenters. The van der Waals surface area contributed by atoms with Crippen LogP contribution in [0.3, 0.4) is 0 Å². The molecule has 3 rings (SSSR count). The van der Waals surface area contributed by atoms with E-state index in [4.69, 9.17) is 5.73 Å². The molecule has 4 N–H and O–H groups in total. The fourth-order valence-electron chi connectivity index (χ4n) is 2.25. The van der Waals surface area contributed by atoms with Gasteiger partial charge in [0.05, 0.1) is 0 Å². The van der Waals surface area contributed by atoms with Crippen LogP contribution in [0, 0.1) is 0 Å². The maximum atomic E-state index is 12.4. The van der Waals surface area contributed by atoms with Gasteiger partial charge in [-0.3, -0.25) is 0 Å². The Morgan fingerprint density at radius 1 is 1.42 bits per heavy atom. The molecule has 1 fully saturated rings. The lowest BCUT2D eigenvalue weighted by Gasteiger charge is -2.11. The second-order valence-electron chi connectivity index (χ2n) is 4.64. The summed E-state index contributed by atoms with van der Waals surface area (Å²) in [7, 11) is -3.49. The molecule has 1 aliphatic heterocycles. The first-order valence-electron chi connectivity index (χ1n) is 6.03. The minimum Gasteiger partial charge on any atom is -0.399 e. The minimum atomic E-state index is -3.49. The van der Waals surface area contributed by atoms with Crippen LogP contribution in [0.15, 0.2) is 29.3 Å². The van der Waals surface area contributed by atoms with Crippen molar-refractivity contribution in [2.75, 3.05) is 17.2 Å². The van der Waals surface area contributed by atoms with Crippen molar-refractivity contribution in [1.82, 2.24) is 9.71 Å². The smallest absolute Gasteiger partial charge is 0.242 e. The van der Waals surface area contributed by atoms with Gasteiger partial charge in [0.25, 0.3) is 0 Å². The van der Waals surface area contributed by atoms with Gasteiger partial charge in [-0.1, -0.05) is 0 Å². The summed E-state index contributed by atoms with van der Waals surface area (Å²) in [5.74, 6) is 1.84. The van der Waals surface area contributed by atoms with E-state index in [9.17, 15) is 8.42 Å². The molecule has 5 nitrogen and oxygen atoms in total. The molecule has 2 aromatic rings. The summed E-state index contributed by atoms with van der Waals surface area (Å²) in [6, 6.07) is 5.25. The topological polar surface area (TPSA) is 88.0 Å². The largest absolute Gasteiger partial charge is 0.399 e. The highest BCUT2D eigenvalue weighted by Gasteiger charge is 2.25. The molecule has 0 saturated carbocycles. The molecule has 1 aromatic carbocycles. The molecule has 1 aromatic heterocycles. The molecule has 2 heterocycles. The number of nitrogens with one attached hydrogen (secondary N) is 2. The SMILES string of the molecule is Nc1ccc2[nH]cc(S(=O)(=O)NC3CCSC3)c2c1. The van der Waals surface area contributed by atoms with Crippen LogP contribution >= 0.6 is 11.8 Å². The van der Waals surface area contributed by atoms with E-state index in [1.54, 1.807) is 30.0 Å². The van der Waals surface area contributed by atoms with Crippen molar-refractivity contribution in [2.45, 2.75) is 17.4 Å². The summed E-state index contributed by atoms with van der Waals surface area (Å²) in [5.41, 5.74) is 7.06. The van der Waals surface area contributed by atoms with E-state index < -0.39 is 10.0 Å². The highest BCUT2D eigenvalue weighted by Crippen LogP contribution is 2.26.